The van der Waals surface area contributed by atoms with E-state index in [1.54, 1.807) is 24.3 Å². The molecule has 2 aliphatic carbocycles. The lowest BCUT2D eigenvalue weighted by Gasteiger charge is -2.35. The van der Waals surface area contributed by atoms with E-state index < -0.39 is 41.4 Å². The Bertz CT molecular complexity index is 1250. The van der Waals surface area contributed by atoms with Gasteiger partial charge in [-0.05, 0) is 67.6 Å². The van der Waals surface area contributed by atoms with E-state index in [9.17, 15) is 19.2 Å². The van der Waals surface area contributed by atoms with E-state index >= 15 is 0 Å². The second-order valence-corrected chi connectivity index (χ2v) is 9.87. The number of rotatable bonds is 6. The summed E-state index contributed by atoms with van der Waals surface area (Å²) < 4.78 is 5.15. The number of ether oxygens (including phenoxy) is 1. The highest BCUT2D eigenvalue weighted by Gasteiger charge is 2.61. The maximum atomic E-state index is 13.8. The van der Waals surface area contributed by atoms with Crippen molar-refractivity contribution >= 4 is 46.7 Å². The summed E-state index contributed by atoms with van der Waals surface area (Å²) in [5.41, 5.74) is 0.337. The molecule has 3 aliphatic rings. The largest absolute Gasteiger partial charge is 0.497 e. The number of nitrogens with zero attached hydrogens (tertiary/aromatic N) is 2. The van der Waals surface area contributed by atoms with Gasteiger partial charge in [0, 0.05) is 10.6 Å². The molecule has 0 aromatic heterocycles. The topological polar surface area (TPSA) is 84.0 Å². The zero-order valence-corrected chi connectivity index (χ0v) is 20.5. The Hall–Kier alpha value is -3.16. The second-order valence-electron chi connectivity index (χ2n) is 9.03. The van der Waals surface area contributed by atoms with Crippen molar-refractivity contribution < 1.29 is 23.9 Å². The highest BCUT2D eigenvalue weighted by atomic mass is 35.5. The molecule has 9 heteroatoms. The summed E-state index contributed by atoms with van der Waals surface area (Å²) in [5.74, 6) is -2.70. The summed E-state index contributed by atoms with van der Waals surface area (Å²) in [7, 11) is 1.51. The number of halogens is 2. The van der Waals surface area contributed by atoms with Crippen molar-refractivity contribution in [3.05, 3.63) is 75.8 Å². The lowest BCUT2D eigenvalue weighted by Crippen LogP contribution is -2.57. The SMILES string of the molecule is COc1ccc(C(=O)[C@@H](C)N(C(=O)c2ccc(Cl)cc2Cl)N2C(=O)[C@@H]3[C@H](C2=O)[C@H]2C=C[C@@H]3C2)cc1. The molecule has 5 rings (SSSR count). The van der Waals surface area contributed by atoms with Gasteiger partial charge >= 0.3 is 0 Å². The molecule has 1 heterocycles. The van der Waals surface area contributed by atoms with Gasteiger partial charge in [0.05, 0.1) is 29.5 Å². The number of carbonyl (C=O) groups excluding carboxylic acids is 4. The number of allylic oxidation sites excluding steroid dienone is 2. The molecule has 2 fully saturated rings. The molecule has 5 atom stereocenters. The molecule has 0 radical (unpaired) electrons. The Morgan fingerprint density at radius 3 is 2.14 bits per heavy atom. The predicted molar refractivity (Wildman–Crippen MR) is 129 cm³/mol. The van der Waals surface area contributed by atoms with Crippen LogP contribution in [0, 0.1) is 23.7 Å². The van der Waals surface area contributed by atoms with Gasteiger partial charge in [-0.2, -0.15) is 5.01 Å². The molecule has 0 unspecified atom stereocenters. The molecular formula is C26H22Cl2N2O5. The van der Waals surface area contributed by atoms with Crippen LogP contribution in [-0.4, -0.2) is 46.7 Å². The first-order valence-corrected chi connectivity index (χ1v) is 12.0. The average molecular weight is 513 g/mol. The molecule has 7 nitrogen and oxygen atoms in total. The fraction of sp³-hybridized carbons (Fsp3) is 0.308. The molecule has 0 N–H and O–H groups in total. The third kappa shape index (κ3) is 3.74. The van der Waals surface area contributed by atoms with Crippen molar-refractivity contribution in [3.63, 3.8) is 0 Å². The highest BCUT2D eigenvalue weighted by molar-refractivity contribution is 6.36. The average Bonchev–Trinajstić information content (AvgIpc) is 3.53. The number of carbonyl (C=O) groups is 4. The number of ketones is 1. The molecule has 1 saturated heterocycles. The number of benzene rings is 2. The summed E-state index contributed by atoms with van der Waals surface area (Å²) in [4.78, 5) is 54.4. The van der Waals surface area contributed by atoms with E-state index in [2.05, 4.69) is 0 Å². The summed E-state index contributed by atoms with van der Waals surface area (Å²) in [5, 5.41) is 2.22. The van der Waals surface area contributed by atoms with Crippen LogP contribution in [0.15, 0.2) is 54.6 Å². The first-order valence-electron chi connectivity index (χ1n) is 11.3. The molecule has 2 bridgehead atoms. The fourth-order valence-corrected chi connectivity index (χ4v) is 5.92. The van der Waals surface area contributed by atoms with Crippen LogP contribution < -0.4 is 4.74 Å². The van der Waals surface area contributed by atoms with Crippen LogP contribution >= 0.6 is 23.2 Å². The number of hydrogen-bond acceptors (Lipinski definition) is 5. The van der Waals surface area contributed by atoms with E-state index in [1.165, 1.54) is 32.2 Å². The van der Waals surface area contributed by atoms with Gasteiger partial charge in [-0.25, -0.2) is 5.01 Å². The van der Waals surface area contributed by atoms with E-state index in [0.29, 0.717) is 16.3 Å². The Labute approximate surface area is 212 Å². The van der Waals surface area contributed by atoms with Gasteiger partial charge in [-0.1, -0.05) is 35.4 Å². The molecule has 0 spiro atoms. The number of amides is 3. The summed E-state index contributed by atoms with van der Waals surface area (Å²) in [6.45, 7) is 1.50. The number of fused-ring (bicyclic) bond motifs is 5. The standard InChI is InChI=1S/C26H22Cl2N2O5/c1-13(23(31)14-5-8-18(35-2)9-6-14)29(24(32)19-10-7-17(27)12-20(19)28)30-25(33)21-15-3-4-16(11-15)22(21)26(30)34/h3-10,12-13,15-16,21-22H,11H2,1-2H3/t13-,15-,16+,21+,22-/m1/s1. The van der Waals surface area contributed by atoms with Crippen LogP contribution in [0.3, 0.4) is 0 Å². The van der Waals surface area contributed by atoms with Crippen molar-refractivity contribution in [1.82, 2.24) is 10.0 Å². The number of hydrogen-bond donors (Lipinski definition) is 0. The zero-order valence-electron chi connectivity index (χ0n) is 19.0. The summed E-state index contributed by atoms with van der Waals surface area (Å²) in [6.07, 6.45) is 4.68. The zero-order chi connectivity index (χ0) is 25.0. The van der Waals surface area contributed by atoms with Crippen molar-refractivity contribution in [3.8, 4) is 5.75 Å². The summed E-state index contributed by atoms with van der Waals surface area (Å²) in [6, 6.07) is 9.54. The van der Waals surface area contributed by atoms with Gasteiger partial charge in [-0.15, -0.1) is 0 Å². The third-order valence-corrected chi connectivity index (χ3v) is 7.70. The number of hydrazine groups is 1. The van der Waals surface area contributed by atoms with Crippen molar-refractivity contribution in [2.24, 2.45) is 23.7 Å². The molecule has 3 amide bonds. The Morgan fingerprint density at radius 1 is 1.00 bits per heavy atom. The van der Waals surface area contributed by atoms with Gasteiger partial charge in [-0.3, -0.25) is 19.2 Å². The van der Waals surface area contributed by atoms with Crippen LogP contribution in [-0.2, 0) is 9.59 Å². The van der Waals surface area contributed by atoms with Crippen LogP contribution in [0.1, 0.15) is 34.1 Å². The van der Waals surface area contributed by atoms with Crippen molar-refractivity contribution in [2.75, 3.05) is 7.11 Å². The molecule has 1 saturated carbocycles. The molecule has 180 valence electrons. The van der Waals surface area contributed by atoms with E-state index in [0.717, 1.165) is 16.4 Å². The molecule has 35 heavy (non-hydrogen) atoms. The van der Waals surface area contributed by atoms with Crippen molar-refractivity contribution in [1.29, 1.82) is 0 Å². The first kappa shape index (κ1) is 23.6. The number of Topliss-reactive ketones (excluding diaryl/α,β-unsaturated/α-hetero) is 1. The minimum absolute atomic E-state index is 0.0317. The van der Waals surface area contributed by atoms with Gasteiger partial charge in [0.15, 0.2) is 5.78 Å². The maximum absolute atomic E-state index is 13.8. The van der Waals surface area contributed by atoms with Crippen LogP contribution in [0.25, 0.3) is 0 Å². The minimum Gasteiger partial charge on any atom is -0.497 e. The molecular weight excluding hydrogens is 491 g/mol. The minimum atomic E-state index is -1.17. The van der Waals surface area contributed by atoms with Crippen LogP contribution in [0.4, 0.5) is 0 Å². The highest BCUT2D eigenvalue weighted by Crippen LogP contribution is 2.53. The van der Waals surface area contributed by atoms with E-state index in [1.807, 2.05) is 12.2 Å². The van der Waals surface area contributed by atoms with E-state index in [4.69, 9.17) is 27.9 Å². The molecule has 2 aromatic carbocycles. The Morgan fingerprint density at radius 2 is 1.60 bits per heavy atom. The maximum Gasteiger partial charge on any atom is 0.275 e. The molecule has 2 aromatic rings. The summed E-state index contributed by atoms with van der Waals surface area (Å²) >= 11 is 12.3. The first-order chi connectivity index (χ1) is 16.7. The Balaban J connectivity index is 1.55. The predicted octanol–water partition coefficient (Wildman–Crippen LogP) is 4.44. The monoisotopic (exact) mass is 512 g/mol. The lowest BCUT2D eigenvalue weighted by atomic mass is 9.85. The smallest absolute Gasteiger partial charge is 0.275 e. The second kappa shape index (κ2) is 8.81. The van der Waals surface area contributed by atoms with Crippen LogP contribution in [0.5, 0.6) is 5.75 Å². The molecule has 1 aliphatic heterocycles. The van der Waals surface area contributed by atoms with Gasteiger partial charge in [0.1, 0.15) is 11.8 Å². The lowest BCUT2D eigenvalue weighted by molar-refractivity contribution is -0.157. The van der Waals surface area contributed by atoms with Crippen LogP contribution in [0.2, 0.25) is 10.0 Å². The number of methoxy groups -OCH3 is 1. The van der Waals surface area contributed by atoms with E-state index in [-0.39, 0.29) is 22.4 Å². The third-order valence-electron chi connectivity index (χ3n) is 7.15. The Kier molecular flexibility index (Phi) is 5.93. The fourth-order valence-electron chi connectivity index (χ4n) is 5.43. The van der Waals surface area contributed by atoms with Gasteiger partial charge in [0.2, 0.25) is 0 Å². The van der Waals surface area contributed by atoms with Gasteiger partial charge in [0.25, 0.3) is 17.7 Å². The van der Waals surface area contributed by atoms with Crippen molar-refractivity contribution in [2.45, 2.75) is 19.4 Å². The quantitative estimate of drug-likeness (QED) is 0.324. The number of imide groups is 1. The van der Waals surface area contributed by atoms with Gasteiger partial charge < -0.3 is 4.74 Å². The normalized spacial score (nSPS) is 25.1.